The molecule has 1 atom stereocenters. The topological polar surface area (TPSA) is 98.7 Å². The lowest BCUT2D eigenvalue weighted by Gasteiger charge is -2.20. The van der Waals surface area contributed by atoms with Gasteiger partial charge in [0.25, 0.3) is 5.56 Å². The molecule has 0 bridgehead atoms. The average Bonchev–Trinajstić information content (AvgIpc) is 2.68. The number of hydrogen-bond acceptors (Lipinski definition) is 6. The van der Waals surface area contributed by atoms with Crippen LogP contribution in [0.1, 0.15) is 18.8 Å². The first-order chi connectivity index (χ1) is 13.5. The van der Waals surface area contributed by atoms with E-state index in [4.69, 9.17) is 22.3 Å². The van der Waals surface area contributed by atoms with Gasteiger partial charge in [-0.3, -0.25) is 9.36 Å². The maximum absolute atomic E-state index is 13.3. The second-order valence-corrected chi connectivity index (χ2v) is 6.68. The van der Waals surface area contributed by atoms with E-state index in [1.807, 2.05) is 37.3 Å². The van der Waals surface area contributed by atoms with E-state index < -0.39 is 0 Å². The Morgan fingerprint density at radius 2 is 1.89 bits per heavy atom. The molecular weight excluding hydrogens is 376 g/mol. The van der Waals surface area contributed by atoms with Crippen molar-refractivity contribution in [3.05, 3.63) is 82.1 Å². The Hall–Kier alpha value is -3.45. The van der Waals surface area contributed by atoms with Crippen LogP contribution in [0.5, 0.6) is 0 Å². The summed E-state index contributed by atoms with van der Waals surface area (Å²) in [5.41, 5.74) is 6.74. The van der Waals surface area contributed by atoms with Gasteiger partial charge in [0.1, 0.15) is 23.8 Å². The van der Waals surface area contributed by atoms with Gasteiger partial charge in [-0.25, -0.2) is 15.0 Å². The number of nitrogens with two attached hydrogens (primary N) is 1. The highest BCUT2D eigenvalue weighted by molar-refractivity contribution is 6.35. The second kappa shape index (κ2) is 7.28. The van der Waals surface area contributed by atoms with Crippen molar-refractivity contribution in [1.82, 2.24) is 19.5 Å². The smallest absolute Gasteiger partial charge is 0.267 e. The third kappa shape index (κ3) is 3.27. The summed E-state index contributed by atoms with van der Waals surface area (Å²) in [5, 5.41) is 3.98. The molecule has 0 unspecified atom stereocenters. The van der Waals surface area contributed by atoms with E-state index in [1.54, 1.807) is 28.8 Å². The SMILES string of the molecule is C[C@H](Nc1cc(N)ncn1)c1nc2cccc(Cl)c2c(=O)n1-c1ccccc1. The van der Waals surface area contributed by atoms with Crippen molar-refractivity contribution < 1.29 is 0 Å². The molecule has 3 N–H and O–H groups in total. The van der Waals surface area contributed by atoms with Gasteiger partial charge in [0.2, 0.25) is 0 Å². The fourth-order valence-corrected chi connectivity index (χ4v) is 3.31. The number of anilines is 2. The molecule has 4 rings (SSSR count). The van der Waals surface area contributed by atoms with E-state index >= 15 is 0 Å². The molecule has 0 aliphatic heterocycles. The van der Waals surface area contributed by atoms with Gasteiger partial charge in [-0.1, -0.05) is 35.9 Å². The summed E-state index contributed by atoms with van der Waals surface area (Å²) in [6.45, 7) is 1.90. The van der Waals surface area contributed by atoms with Gasteiger partial charge < -0.3 is 11.1 Å². The van der Waals surface area contributed by atoms with E-state index in [0.29, 0.717) is 39.1 Å². The third-order valence-electron chi connectivity index (χ3n) is 4.33. The molecule has 8 heteroatoms. The molecule has 0 fully saturated rings. The van der Waals surface area contributed by atoms with Gasteiger partial charge in [-0.15, -0.1) is 0 Å². The summed E-state index contributed by atoms with van der Waals surface area (Å²) in [5.74, 6) is 1.42. The first-order valence-electron chi connectivity index (χ1n) is 8.65. The molecule has 0 spiro atoms. The Morgan fingerprint density at radius 1 is 1.11 bits per heavy atom. The van der Waals surface area contributed by atoms with Crippen molar-refractivity contribution in [2.75, 3.05) is 11.1 Å². The van der Waals surface area contributed by atoms with E-state index in [9.17, 15) is 4.79 Å². The van der Waals surface area contributed by atoms with Crippen molar-refractivity contribution >= 4 is 34.1 Å². The van der Waals surface area contributed by atoms with Crippen LogP contribution in [0.15, 0.2) is 65.7 Å². The normalized spacial score (nSPS) is 12.1. The van der Waals surface area contributed by atoms with Gasteiger partial charge in [-0.2, -0.15) is 0 Å². The molecule has 0 amide bonds. The lowest BCUT2D eigenvalue weighted by Crippen LogP contribution is -2.27. The van der Waals surface area contributed by atoms with E-state index in [1.165, 1.54) is 6.33 Å². The molecule has 7 nitrogen and oxygen atoms in total. The van der Waals surface area contributed by atoms with E-state index in [-0.39, 0.29) is 11.6 Å². The summed E-state index contributed by atoms with van der Waals surface area (Å²) in [7, 11) is 0. The lowest BCUT2D eigenvalue weighted by molar-refractivity contribution is 0.731. The average molecular weight is 393 g/mol. The highest BCUT2D eigenvalue weighted by Gasteiger charge is 2.19. The molecule has 4 aromatic rings. The van der Waals surface area contributed by atoms with E-state index in [2.05, 4.69) is 15.3 Å². The minimum Gasteiger partial charge on any atom is -0.384 e. The van der Waals surface area contributed by atoms with Crippen LogP contribution in [0.4, 0.5) is 11.6 Å². The molecule has 0 aliphatic carbocycles. The molecular formula is C20H17ClN6O. The number of rotatable bonds is 4. The first kappa shape index (κ1) is 17.9. The minimum atomic E-state index is -0.342. The van der Waals surface area contributed by atoms with Gasteiger partial charge >= 0.3 is 0 Å². The summed E-state index contributed by atoms with van der Waals surface area (Å²) in [6.07, 6.45) is 1.38. The first-order valence-corrected chi connectivity index (χ1v) is 9.03. The molecule has 2 heterocycles. The van der Waals surface area contributed by atoms with Crippen LogP contribution in [-0.4, -0.2) is 19.5 Å². The molecule has 0 radical (unpaired) electrons. The number of nitrogens with zero attached hydrogens (tertiary/aromatic N) is 4. The Bertz CT molecular complexity index is 1210. The Balaban J connectivity index is 1.92. The number of nitrogens with one attached hydrogen (secondary N) is 1. The summed E-state index contributed by atoms with van der Waals surface area (Å²) < 4.78 is 1.57. The van der Waals surface area contributed by atoms with Gasteiger partial charge in [0.05, 0.1) is 27.7 Å². The Kier molecular flexibility index (Phi) is 4.67. The van der Waals surface area contributed by atoms with Crippen molar-refractivity contribution in [2.45, 2.75) is 13.0 Å². The highest BCUT2D eigenvalue weighted by atomic mass is 35.5. The van der Waals surface area contributed by atoms with Crippen LogP contribution in [-0.2, 0) is 0 Å². The summed E-state index contributed by atoms with van der Waals surface area (Å²) in [4.78, 5) is 26.1. The largest absolute Gasteiger partial charge is 0.384 e. The number of para-hydroxylation sites is 1. The standard InChI is InChI=1S/C20H17ClN6O/c1-12(25-17-10-16(22)23-11-24-17)19-26-15-9-5-8-14(21)18(15)20(28)27(19)13-6-3-2-4-7-13/h2-12H,1H3,(H3,22,23,24,25)/t12-/m0/s1. The minimum absolute atomic E-state index is 0.229. The molecule has 0 saturated heterocycles. The molecule has 0 aliphatic rings. The molecule has 140 valence electrons. The number of aromatic nitrogens is 4. The fraction of sp³-hybridized carbons (Fsp3) is 0.100. The molecule has 0 saturated carbocycles. The summed E-state index contributed by atoms with van der Waals surface area (Å²) in [6, 6.07) is 15.8. The Morgan fingerprint density at radius 3 is 2.64 bits per heavy atom. The molecule has 2 aromatic carbocycles. The maximum atomic E-state index is 13.3. The maximum Gasteiger partial charge on any atom is 0.267 e. The predicted octanol–water partition coefficient (Wildman–Crippen LogP) is 3.58. The van der Waals surface area contributed by atoms with Gasteiger partial charge in [-0.05, 0) is 31.2 Å². The number of benzene rings is 2. The second-order valence-electron chi connectivity index (χ2n) is 6.27. The highest BCUT2D eigenvalue weighted by Crippen LogP contribution is 2.24. The van der Waals surface area contributed by atoms with Crippen molar-refractivity contribution in [2.24, 2.45) is 0 Å². The summed E-state index contributed by atoms with van der Waals surface area (Å²) >= 11 is 6.30. The zero-order valence-electron chi connectivity index (χ0n) is 15.0. The predicted molar refractivity (Wildman–Crippen MR) is 111 cm³/mol. The third-order valence-corrected chi connectivity index (χ3v) is 4.64. The van der Waals surface area contributed by atoms with Crippen LogP contribution in [0.25, 0.3) is 16.6 Å². The van der Waals surface area contributed by atoms with Crippen molar-refractivity contribution in [3.63, 3.8) is 0 Å². The van der Waals surface area contributed by atoms with Crippen LogP contribution >= 0.6 is 11.6 Å². The van der Waals surface area contributed by atoms with Gasteiger partial charge in [0, 0.05) is 6.07 Å². The van der Waals surface area contributed by atoms with Gasteiger partial charge in [0.15, 0.2) is 0 Å². The van der Waals surface area contributed by atoms with Crippen LogP contribution in [0.3, 0.4) is 0 Å². The molecule has 2 aromatic heterocycles. The number of fused-ring (bicyclic) bond motifs is 1. The van der Waals surface area contributed by atoms with Crippen LogP contribution in [0.2, 0.25) is 5.02 Å². The quantitative estimate of drug-likeness (QED) is 0.550. The van der Waals surface area contributed by atoms with Crippen molar-refractivity contribution in [3.8, 4) is 5.69 Å². The van der Waals surface area contributed by atoms with Crippen LogP contribution < -0.4 is 16.6 Å². The lowest BCUT2D eigenvalue weighted by atomic mass is 10.2. The monoisotopic (exact) mass is 392 g/mol. The fourth-order valence-electron chi connectivity index (χ4n) is 3.06. The number of halogens is 1. The Labute approximate surface area is 165 Å². The number of nitrogen functional groups attached to an aromatic ring is 1. The number of hydrogen-bond donors (Lipinski definition) is 2. The zero-order chi connectivity index (χ0) is 19.7. The van der Waals surface area contributed by atoms with Crippen molar-refractivity contribution in [1.29, 1.82) is 0 Å². The molecule has 28 heavy (non-hydrogen) atoms. The zero-order valence-corrected chi connectivity index (χ0v) is 15.8. The van der Waals surface area contributed by atoms with Crippen LogP contribution in [0, 0.1) is 0 Å². The van der Waals surface area contributed by atoms with E-state index in [0.717, 1.165) is 0 Å².